The van der Waals surface area contributed by atoms with Crippen LogP contribution in [0.4, 0.5) is 17.1 Å². The molecule has 1 aromatic carbocycles. The highest BCUT2D eigenvalue weighted by Crippen LogP contribution is 2.34. The maximum Gasteiger partial charge on any atom is 0.326 e. The number of hydrogen-bond donors (Lipinski definition) is 2. The minimum atomic E-state index is -0.960. The second-order valence-corrected chi connectivity index (χ2v) is 4.19. The number of anilines is 2. The molecule has 1 heterocycles. The van der Waals surface area contributed by atoms with E-state index in [4.69, 9.17) is 10.8 Å². The van der Waals surface area contributed by atoms with Crippen LogP contribution in [0.1, 0.15) is 12.8 Å². The van der Waals surface area contributed by atoms with Gasteiger partial charge in [0.2, 0.25) is 0 Å². The fourth-order valence-electron chi connectivity index (χ4n) is 2.24. The highest BCUT2D eigenvalue weighted by atomic mass is 16.6. The number of aliphatic carboxylic acids is 1. The third-order valence-corrected chi connectivity index (χ3v) is 3.04. The van der Waals surface area contributed by atoms with Crippen LogP contribution in [-0.2, 0) is 4.79 Å². The fraction of sp³-hybridized carbons (Fsp3) is 0.364. The van der Waals surface area contributed by atoms with Crippen LogP contribution in [0.5, 0.6) is 0 Å². The molecule has 2 rings (SSSR count). The molecule has 0 bridgehead atoms. The first-order valence-electron chi connectivity index (χ1n) is 5.54. The Morgan fingerprint density at radius 3 is 2.89 bits per heavy atom. The number of nitrogens with two attached hydrogens (primary N) is 1. The number of nitrogen functional groups attached to an aromatic ring is 1. The molecule has 0 radical (unpaired) electrons. The van der Waals surface area contributed by atoms with Crippen LogP contribution in [0.25, 0.3) is 0 Å². The zero-order chi connectivity index (χ0) is 13.3. The third kappa shape index (κ3) is 2.06. The van der Waals surface area contributed by atoms with Crippen molar-refractivity contribution in [3.05, 3.63) is 28.3 Å². The van der Waals surface area contributed by atoms with Crippen LogP contribution in [0.3, 0.4) is 0 Å². The summed E-state index contributed by atoms with van der Waals surface area (Å²) in [6, 6.07) is 3.60. The lowest BCUT2D eigenvalue weighted by Crippen LogP contribution is -2.36. The van der Waals surface area contributed by atoms with E-state index in [1.54, 1.807) is 11.0 Å². The van der Waals surface area contributed by atoms with Crippen LogP contribution >= 0.6 is 0 Å². The van der Waals surface area contributed by atoms with Crippen molar-refractivity contribution in [2.24, 2.45) is 0 Å². The van der Waals surface area contributed by atoms with Crippen LogP contribution in [0, 0.1) is 10.1 Å². The molecule has 1 fully saturated rings. The Balaban J connectivity index is 2.44. The summed E-state index contributed by atoms with van der Waals surface area (Å²) in [5.41, 5.74) is 5.98. The number of rotatable bonds is 3. The molecule has 1 atom stereocenters. The van der Waals surface area contributed by atoms with Gasteiger partial charge in [0, 0.05) is 18.3 Å². The second-order valence-electron chi connectivity index (χ2n) is 4.19. The van der Waals surface area contributed by atoms with E-state index < -0.39 is 16.9 Å². The van der Waals surface area contributed by atoms with Crippen molar-refractivity contribution in [1.29, 1.82) is 0 Å². The molecule has 0 saturated carbocycles. The number of nitrogens with zero attached hydrogens (tertiary/aromatic N) is 2. The van der Waals surface area contributed by atoms with Gasteiger partial charge in [0.25, 0.3) is 5.69 Å². The van der Waals surface area contributed by atoms with E-state index in [9.17, 15) is 14.9 Å². The Labute approximate surface area is 103 Å². The molecule has 0 amide bonds. The van der Waals surface area contributed by atoms with Gasteiger partial charge in [-0.3, -0.25) is 10.1 Å². The van der Waals surface area contributed by atoms with Crippen molar-refractivity contribution in [1.82, 2.24) is 0 Å². The molecule has 0 spiro atoms. The third-order valence-electron chi connectivity index (χ3n) is 3.04. The lowest BCUT2D eigenvalue weighted by molar-refractivity contribution is -0.384. The van der Waals surface area contributed by atoms with Crippen LogP contribution in [-0.4, -0.2) is 28.6 Å². The Hall–Kier alpha value is -2.31. The standard InChI is InChI=1S/C11H13N3O4/c12-7-3-4-8(10(6-7)14(17)18)13-5-1-2-9(13)11(15)16/h3-4,6,9H,1-2,5,12H2,(H,15,16)/t9-/m0/s1. The van der Waals surface area contributed by atoms with Gasteiger partial charge in [-0.05, 0) is 25.0 Å². The molecule has 18 heavy (non-hydrogen) atoms. The molecule has 7 heteroatoms. The Morgan fingerprint density at radius 1 is 1.56 bits per heavy atom. The van der Waals surface area contributed by atoms with Gasteiger partial charge in [-0.25, -0.2) is 4.79 Å². The van der Waals surface area contributed by atoms with E-state index in [-0.39, 0.29) is 11.4 Å². The molecule has 1 aliphatic rings. The van der Waals surface area contributed by atoms with Crippen molar-refractivity contribution in [2.45, 2.75) is 18.9 Å². The maximum absolute atomic E-state index is 11.1. The minimum Gasteiger partial charge on any atom is -0.480 e. The smallest absolute Gasteiger partial charge is 0.326 e. The molecule has 1 aromatic rings. The van der Waals surface area contributed by atoms with Crippen LogP contribution < -0.4 is 10.6 Å². The van der Waals surface area contributed by atoms with E-state index in [0.29, 0.717) is 25.1 Å². The second kappa shape index (κ2) is 4.52. The summed E-state index contributed by atoms with van der Waals surface area (Å²) in [5, 5.41) is 20.1. The summed E-state index contributed by atoms with van der Waals surface area (Å²) in [6.45, 7) is 0.502. The number of nitro benzene ring substituents is 1. The quantitative estimate of drug-likeness (QED) is 0.475. The van der Waals surface area contributed by atoms with E-state index in [2.05, 4.69) is 0 Å². The van der Waals surface area contributed by atoms with Crippen LogP contribution in [0.15, 0.2) is 18.2 Å². The van der Waals surface area contributed by atoms with Crippen molar-refractivity contribution >= 4 is 23.0 Å². The van der Waals surface area contributed by atoms with Crippen molar-refractivity contribution < 1.29 is 14.8 Å². The number of carboxylic acids is 1. The lowest BCUT2D eigenvalue weighted by atomic mass is 10.2. The normalized spacial score (nSPS) is 18.9. The SMILES string of the molecule is Nc1ccc(N2CCC[C@H]2C(=O)O)c([N+](=O)[O-])c1. The largest absolute Gasteiger partial charge is 0.480 e. The highest BCUT2D eigenvalue weighted by Gasteiger charge is 2.34. The van der Waals surface area contributed by atoms with Gasteiger partial charge >= 0.3 is 5.97 Å². The highest BCUT2D eigenvalue weighted by molar-refractivity contribution is 5.81. The van der Waals surface area contributed by atoms with Gasteiger partial charge in [0.05, 0.1) is 4.92 Å². The average Bonchev–Trinajstić information content (AvgIpc) is 2.77. The monoisotopic (exact) mass is 251 g/mol. The zero-order valence-electron chi connectivity index (χ0n) is 9.57. The van der Waals surface area contributed by atoms with Gasteiger partial charge < -0.3 is 15.7 Å². The van der Waals surface area contributed by atoms with Crippen molar-refractivity contribution in [3.63, 3.8) is 0 Å². The molecule has 96 valence electrons. The van der Waals surface area contributed by atoms with Crippen LogP contribution in [0.2, 0.25) is 0 Å². The van der Waals surface area contributed by atoms with Crippen molar-refractivity contribution in [3.8, 4) is 0 Å². The number of hydrogen-bond acceptors (Lipinski definition) is 5. The number of carboxylic acid groups (broad SMARTS) is 1. The molecule has 7 nitrogen and oxygen atoms in total. The minimum absolute atomic E-state index is 0.150. The summed E-state index contributed by atoms with van der Waals surface area (Å²) >= 11 is 0. The Bertz CT molecular complexity index is 503. The predicted octanol–water partition coefficient (Wildman–Crippen LogP) is 1.23. The molecule has 0 aliphatic carbocycles. The summed E-state index contributed by atoms with van der Waals surface area (Å²) < 4.78 is 0. The van der Waals surface area contributed by atoms with Gasteiger partial charge in [-0.2, -0.15) is 0 Å². The van der Waals surface area contributed by atoms with Gasteiger partial charge in [0.15, 0.2) is 0 Å². The summed E-state index contributed by atoms with van der Waals surface area (Å²) in [5.74, 6) is -0.960. The molecule has 3 N–H and O–H groups in total. The van der Waals surface area contributed by atoms with Crippen molar-refractivity contribution in [2.75, 3.05) is 17.2 Å². The first kappa shape index (κ1) is 12.2. The first-order chi connectivity index (χ1) is 8.50. The van der Waals surface area contributed by atoms with Gasteiger partial charge in [-0.1, -0.05) is 0 Å². The summed E-state index contributed by atoms with van der Waals surface area (Å²) in [7, 11) is 0. The maximum atomic E-state index is 11.1. The van der Waals surface area contributed by atoms with E-state index in [0.717, 1.165) is 0 Å². The molecule has 1 saturated heterocycles. The van der Waals surface area contributed by atoms with Gasteiger partial charge in [-0.15, -0.1) is 0 Å². The Kier molecular flexibility index (Phi) is 3.05. The molecule has 0 aromatic heterocycles. The summed E-state index contributed by atoms with van der Waals surface area (Å²) in [4.78, 5) is 23.1. The van der Waals surface area contributed by atoms with E-state index in [1.807, 2.05) is 0 Å². The number of carbonyl (C=O) groups is 1. The lowest BCUT2D eigenvalue weighted by Gasteiger charge is -2.23. The van der Waals surface area contributed by atoms with Gasteiger partial charge in [0.1, 0.15) is 11.7 Å². The molecule has 0 unspecified atom stereocenters. The number of nitro groups is 1. The molecular formula is C11H13N3O4. The first-order valence-corrected chi connectivity index (χ1v) is 5.54. The topological polar surface area (TPSA) is 110 Å². The average molecular weight is 251 g/mol. The fourth-order valence-corrected chi connectivity index (χ4v) is 2.24. The zero-order valence-corrected chi connectivity index (χ0v) is 9.57. The summed E-state index contributed by atoms with van der Waals surface area (Å²) in [6.07, 6.45) is 1.20. The number of benzene rings is 1. The molecular weight excluding hydrogens is 238 g/mol. The predicted molar refractivity (Wildman–Crippen MR) is 65.5 cm³/mol. The Morgan fingerprint density at radius 2 is 2.28 bits per heavy atom. The molecule has 1 aliphatic heterocycles. The van der Waals surface area contributed by atoms with E-state index in [1.165, 1.54) is 12.1 Å². The van der Waals surface area contributed by atoms with E-state index >= 15 is 0 Å².